The number of para-hydroxylation sites is 1. The molecule has 2 heterocycles. The van der Waals surface area contributed by atoms with Crippen molar-refractivity contribution in [3.8, 4) is 0 Å². The highest BCUT2D eigenvalue weighted by Gasteiger charge is 2.21. The maximum Gasteiger partial charge on any atom is 0.408 e. The summed E-state index contributed by atoms with van der Waals surface area (Å²) in [5, 5.41) is 3.58. The van der Waals surface area contributed by atoms with Crippen LogP contribution in [0.25, 0.3) is 16.5 Å². The minimum absolute atomic E-state index is 0.0667. The number of alkyl carbamates (subject to hydrolysis) is 1. The van der Waals surface area contributed by atoms with Gasteiger partial charge in [-0.05, 0) is 44.9 Å². The molecule has 0 aliphatic carbocycles. The van der Waals surface area contributed by atoms with E-state index >= 15 is 0 Å². The third-order valence-electron chi connectivity index (χ3n) is 4.09. The smallest absolute Gasteiger partial charge is 0.408 e. The first-order chi connectivity index (χ1) is 12.3. The maximum absolute atomic E-state index is 12.3. The molecular weight excluding hydrogens is 332 g/mol. The fourth-order valence-electron chi connectivity index (χ4n) is 2.83. The molecule has 0 spiro atoms. The van der Waals surface area contributed by atoms with Crippen LogP contribution < -0.4 is 5.32 Å². The van der Waals surface area contributed by atoms with E-state index in [9.17, 15) is 9.59 Å². The lowest BCUT2D eigenvalue weighted by Crippen LogP contribution is -2.43. The zero-order valence-electron chi connectivity index (χ0n) is 15.4. The average Bonchev–Trinajstić information content (AvgIpc) is 3.02. The number of carbonyl (C=O) groups is 2. The topological polar surface area (TPSA) is 71.8 Å². The Morgan fingerprint density at radius 2 is 2.04 bits per heavy atom. The number of amides is 2. The number of ether oxygens (including phenoxy) is 1. The van der Waals surface area contributed by atoms with Gasteiger partial charge in [-0.1, -0.05) is 24.3 Å². The number of benzene rings is 1. The molecule has 1 aliphatic heterocycles. The summed E-state index contributed by atoms with van der Waals surface area (Å²) in [4.78, 5) is 25.6. The van der Waals surface area contributed by atoms with Crippen LogP contribution in [0.3, 0.4) is 0 Å². The van der Waals surface area contributed by atoms with Crippen molar-refractivity contribution in [2.24, 2.45) is 0 Å². The van der Waals surface area contributed by atoms with E-state index in [0.717, 1.165) is 28.7 Å². The van der Waals surface area contributed by atoms with Gasteiger partial charge in [0.25, 0.3) is 0 Å². The van der Waals surface area contributed by atoms with E-state index in [1.165, 1.54) is 0 Å². The summed E-state index contributed by atoms with van der Waals surface area (Å²) in [5.74, 6) is 0.723. The Hall–Kier alpha value is -2.76. The lowest BCUT2D eigenvalue weighted by atomic mass is 10.1. The van der Waals surface area contributed by atoms with Gasteiger partial charge in [-0.3, -0.25) is 4.79 Å². The number of hydrogen-bond acceptors (Lipinski definition) is 4. The summed E-state index contributed by atoms with van der Waals surface area (Å²) in [6, 6.07) is 9.92. The number of hydrogen-bond donors (Lipinski definition) is 1. The molecule has 1 aliphatic rings. The van der Waals surface area contributed by atoms with Crippen molar-refractivity contribution in [3.63, 3.8) is 0 Å². The van der Waals surface area contributed by atoms with Crippen LogP contribution in [0.1, 0.15) is 33.0 Å². The molecule has 0 bridgehead atoms. The van der Waals surface area contributed by atoms with E-state index in [1.54, 1.807) is 25.7 Å². The van der Waals surface area contributed by atoms with Gasteiger partial charge in [0, 0.05) is 18.5 Å². The van der Waals surface area contributed by atoms with Crippen LogP contribution in [0.4, 0.5) is 4.79 Å². The molecule has 1 N–H and O–H groups in total. The zero-order valence-corrected chi connectivity index (χ0v) is 15.4. The quantitative estimate of drug-likeness (QED) is 0.912. The lowest BCUT2D eigenvalue weighted by Gasteiger charge is -2.26. The minimum atomic E-state index is -0.582. The molecule has 3 rings (SSSR count). The van der Waals surface area contributed by atoms with Gasteiger partial charge in [-0.15, -0.1) is 0 Å². The van der Waals surface area contributed by atoms with E-state index in [0.29, 0.717) is 13.1 Å². The Kier molecular flexibility index (Phi) is 5.02. The van der Waals surface area contributed by atoms with Gasteiger partial charge in [-0.25, -0.2) is 4.79 Å². The highest BCUT2D eigenvalue weighted by molar-refractivity contribution is 5.84. The molecular formula is C20H24N2O4. The van der Waals surface area contributed by atoms with Crippen molar-refractivity contribution in [2.75, 3.05) is 19.6 Å². The Bertz CT molecular complexity index is 812. The molecule has 26 heavy (non-hydrogen) atoms. The fourth-order valence-corrected chi connectivity index (χ4v) is 2.83. The second kappa shape index (κ2) is 7.23. The van der Waals surface area contributed by atoms with Crippen LogP contribution >= 0.6 is 0 Å². The van der Waals surface area contributed by atoms with Gasteiger partial charge in [0.05, 0.1) is 0 Å². The van der Waals surface area contributed by atoms with Gasteiger partial charge in [0.2, 0.25) is 5.91 Å². The SMILES string of the molecule is CC(C)(C)OC(=O)NCC(=O)N1CC=C(c2cc3ccccc3o2)CC1. The lowest BCUT2D eigenvalue weighted by molar-refractivity contribution is -0.129. The van der Waals surface area contributed by atoms with Crippen molar-refractivity contribution in [3.05, 3.63) is 42.2 Å². The number of rotatable bonds is 3. The summed E-state index contributed by atoms with van der Waals surface area (Å²) in [6.45, 7) is 6.37. The summed E-state index contributed by atoms with van der Waals surface area (Å²) < 4.78 is 11.0. The van der Waals surface area contributed by atoms with E-state index < -0.39 is 11.7 Å². The van der Waals surface area contributed by atoms with Gasteiger partial charge in [0.1, 0.15) is 23.5 Å². The highest BCUT2D eigenvalue weighted by Crippen LogP contribution is 2.28. The number of nitrogens with one attached hydrogen (secondary N) is 1. The number of furan rings is 1. The molecule has 0 radical (unpaired) electrons. The predicted molar refractivity (Wildman–Crippen MR) is 99.6 cm³/mol. The van der Waals surface area contributed by atoms with Crippen LogP contribution in [-0.2, 0) is 9.53 Å². The molecule has 0 saturated carbocycles. The summed E-state index contributed by atoms with van der Waals surface area (Å²) in [7, 11) is 0. The summed E-state index contributed by atoms with van der Waals surface area (Å²) >= 11 is 0. The zero-order chi connectivity index (χ0) is 18.7. The number of nitrogens with zero attached hydrogens (tertiary/aromatic N) is 1. The fraction of sp³-hybridized carbons (Fsp3) is 0.400. The standard InChI is InChI=1S/C20H24N2O4/c1-20(2,3)26-19(24)21-13-18(23)22-10-8-14(9-11-22)17-12-15-6-4-5-7-16(15)25-17/h4-8,12H,9-11,13H2,1-3H3,(H,21,24). The van der Waals surface area contributed by atoms with Gasteiger partial charge < -0.3 is 19.4 Å². The second-order valence-corrected chi connectivity index (χ2v) is 7.32. The Morgan fingerprint density at radius 3 is 2.69 bits per heavy atom. The Balaban J connectivity index is 1.55. The monoisotopic (exact) mass is 356 g/mol. The Labute approximate surface area is 152 Å². The van der Waals surface area contributed by atoms with Crippen molar-refractivity contribution in [1.82, 2.24) is 10.2 Å². The van der Waals surface area contributed by atoms with Crippen LogP contribution in [0.2, 0.25) is 0 Å². The van der Waals surface area contributed by atoms with Crippen molar-refractivity contribution in [1.29, 1.82) is 0 Å². The van der Waals surface area contributed by atoms with Crippen LogP contribution in [0.5, 0.6) is 0 Å². The van der Waals surface area contributed by atoms with Gasteiger partial charge in [-0.2, -0.15) is 0 Å². The van der Waals surface area contributed by atoms with Gasteiger partial charge >= 0.3 is 6.09 Å². The van der Waals surface area contributed by atoms with E-state index in [4.69, 9.17) is 9.15 Å². The minimum Gasteiger partial charge on any atom is -0.456 e. The average molecular weight is 356 g/mol. The summed E-state index contributed by atoms with van der Waals surface area (Å²) in [5.41, 5.74) is 1.39. The molecule has 6 heteroatoms. The second-order valence-electron chi connectivity index (χ2n) is 7.32. The predicted octanol–water partition coefficient (Wildman–Crippen LogP) is 3.57. The third-order valence-corrected chi connectivity index (χ3v) is 4.09. The number of fused-ring (bicyclic) bond motifs is 1. The molecule has 2 aromatic rings. The van der Waals surface area contributed by atoms with Crippen molar-refractivity contribution < 1.29 is 18.7 Å². The van der Waals surface area contributed by atoms with E-state index in [2.05, 4.69) is 5.32 Å². The molecule has 0 fully saturated rings. The number of carbonyl (C=O) groups excluding carboxylic acids is 2. The maximum atomic E-state index is 12.3. The largest absolute Gasteiger partial charge is 0.456 e. The molecule has 138 valence electrons. The Morgan fingerprint density at radius 1 is 1.27 bits per heavy atom. The molecule has 0 saturated heterocycles. The van der Waals surface area contributed by atoms with Crippen LogP contribution in [0.15, 0.2) is 40.8 Å². The van der Waals surface area contributed by atoms with Crippen molar-refractivity contribution in [2.45, 2.75) is 32.8 Å². The third kappa shape index (κ3) is 4.45. The molecule has 6 nitrogen and oxygen atoms in total. The van der Waals surface area contributed by atoms with Gasteiger partial charge in [0.15, 0.2) is 0 Å². The first-order valence-corrected chi connectivity index (χ1v) is 8.74. The first-order valence-electron chi connectivity index (χ1n) is 8.74. The molecule has 1 aromatic heterocycles. The van der Waals surface area contributed by atoms with Crippen LogP contribution in [0, 0.1) is 0 Å². The first kappa shape index (κ1) is 18.0. The summed E-state index contributed by atoms with van der Waals surface area (Å²) in [6.07, 6.45) is 2.14. The normalized spacial score (nSPS) is 14.9. The van der Waals surface area contributed by atoms with Crippen LogP contribution in [-0.4, -0.2) is 42.1 Å². The van der Waals surface area contributed by atoms with Crippen molar-refractivity contribution >= 4 is 28.5 Å². The molecule has 0 unspecified atom stereocenters. The van der Waals surface area contributed by atoms with E-state index in [-0.39, 0.29) is 12.5 Å². The molecule has 1 aromatic carbocycles. The molecule has 2 amide bonds. The molecule has 0 atom stereocenters. The highest BCUT2D eigenvalue weighted by atomic mass is 16.6. The van der Waals surface area contributed by atoms with E-state index in [1.807, 2.05) is 36.4 Å².